The quantitative estimate of drug-likeness (QED) is 0.343. The fourth-order valence-corrected chi connectivity index (χ4v) is 4.47. The summed E-state index contributed by atoms with van der Waals surface area (Å²) in [6.45, 7) is 6.54. The first-order valence-corrected chi connectivity index (χ1v) is 11.3. The molecular weight excluding hydrogens is 438 g/mol. The van der Waals surface area contributed by atoms with Gasteiger partial charge >= 0.3 is 5.97 Å². The number of nitro groups is 1. The summed E-state index contributed by atoms with van der Waals surface area (Å²) in [5.74, 6) is -1.55. The topological polar surface area (TPSA) is 136 Å². The monoisotopic (exact) mass is 463 g/mol. The number of hydrogen-bond acceptors (Lipinski definition) is 7. The van der Waals surface area contributed by atoms with Crippen molar-refractivity contribution >= 4 is 33.3 Å². The highest BCUT2D eigenvalue weighted by Gasteiger charge is 2.24. The Bertz CT molecular complexity index is 1140. The summed E-state index contributed by atoms with van der Waals surface area (Å²) in [5.41, 5.74) is 0.989. The van der Waals surface area contributed by atoms with Gasteiger partial charge < -0.3 is 10.1 Å². The number of carbonyl (C=O) groups excluding carboxylic acids is 2. The van der Waals surface area contributed by atoms with E-state index in [1.165, 1.54) is 40.7 Å². The maximum atomic E-state index is 12.7. The second-order valence-corrected chi connectivity index (χ2v) is 8.89. The highest BCUT2D eigenvalue weighted by atomic mass is 32.2. The number of nitrogens with zero attached hydrogens (tertiary/aromatic N) is 2. The Morgan fingerprint density at radius 2 is 1.69 bits per heavy atom. The molecule has 11 heteroatoms. The SMILES string of the molecule is CCN(CC)S(=O)(=O)c1ccc(C)c(C(=O)OCC(=O)Nc2ccc(C)c([N+](=O)[O-])c2)c1. The van der Waals surface area contributed by atoms with Crippen LogP contribution >= 0.6 is 0 Å². The highest BCUT2D eigenvalue weighted by molar-refractivity contribution is 7.89. The van der Waals surface area contributed by atoms with Crippen LogP contribution in [-0.4, -0.2) is 49.2 Å². The fraction of sp³-hybridized carbons (Fsp3) is 0.333. The van der Waals surface area contributed by atoms with Gasteiger partial charge in [0.15, 0.2) is 6.61 Å². The van der Waals surface area contributed by atoms with Crippen LogP contribution in [0.5, 0.6) is 0 Å². The lowest BCUT2D eigenvalue weighted by Gasteiger charge is -2.19. The van der Waals surface area contributed by atoms with Crippen molar-refractivity contribution in [3.63, 3.8) is 0 Å². The van der Waals surface area contributed by atoms with Crippen molar-refractivity contribution in [2.75, 3.05) is 25.0 Å². The van der Waals surface area contributed by atoms with Crippen LogP contribution in [0.3, 0.4) is 0 Å². The molecule has 0 atom stereocenters. The number of nitro benzene ring substituents is 1. The summed E-state index contributed by atoms with van der Waals surface area (Å²) in [7, 11) is -3.77. The van der Waals surface area contributed by atoms with Gasteiger partial charge in [-0.05, 0) is 37.6 Å². The molecule has 172 valence electrons. The average Bonchev–Trinajstić information content (AvgIpc) is 2.74. The van der Waals surface area contributed by atoms with Crippen molar-refractivity contribution < 1.29 is 27.7 Å². The van der Waals surface area contributed by atoms with Crippen molar-refractivity contribution in [2.45, 2.75) is 32.6 Å². The number of anilines is 1. The number of aryl methyl sites for hydroxylation is 2. The number of nitrogens with one attached hydrogen (secondary N) is 1. The average molecular weight is 464 g/mol. The van der Waals surface area contributed by atoms with Crippen LogP contribution in [-0.2, 0) is 19.6 Å². The van der Waals surface area contributed by atoms with Crippen molar-refractivity contribution in [1.82, 2.24) is 4.31 Å². The van der Waals surface area contributed by atoms with Crippen LogP contribution in [0.25, 0.3) is 0 Å². The lowest BCUT2D eigenvalue weighted by molar-refractivity contribution is -0.385. The Morgan fingerprint density at radius 3 is 2.28 bits per heavy atom. The van der Waals surface area contributed by atoms with Gasteiger partial charge in [0.05, 0.1) is 15.4 Å². The first-order chi connectivity index (χ1) is 15.0. The Kier molecular flexibility index (Phi) is 8.06. The summed E-state index contributed by atoms with van der Waals surface area (Å²) in [6.07, 6.45) is 0. The molecule has 10 nitrogen and oxygen atoms in total. The van der Waals surface area contributed by atoms with Gasteiger partial charge in [0, 0.05) is 30.4 Å². The smallest absolute Gasteiger partial charge is 0.338 e. The zero-order valence-electron chi connectivity index (χ0n) is 18.2. The van der Waals surface area contributed by atoms with Gasteiger partial charge in [0.1, 0.15) is 0 Å². The molecule has 0 aliphatic heterocycles. The van der Waals surface area contributed by atoms with Gasteiger partial charge in [0.2, 0.25) is 10.0 Å². The third kappa shape index (κ3) is 5.68. The molecule has 0 aliphatic rings. The molecule has 0 radical (unpaired) electrons. The summed E-state index contributed by atoms with van der Waals surface area (Å²) < 4.78 is 31.7. The van der Waals surface area contributed by atoms with E-state index >= 15 is 0 Å². The molecule has 0 spiro atoms. The van der Waals surface area contributed by atoms with Crippen LogP contribution in [0.1, 0.15) is 35.3 Å². The predicted molar refractivity (Wildman–Crippen MR) is 118 cm³/mol. The number of carbonyl (C=O) groups is 2. The number of sulfonamides is 1. The minimum Gasteiger partial charge on any atom is -0.452 e. The van der Waals surface area contributed by atoms with Gasteiger partial charge in [-0.15, -0.1) is 0 Å². The van der Waals surface area contributed by atoms with Crippen LogP contribution < -0.4 is 5.32 Å². The molecule has 0 heterocycles. The van der Waals surface area contributed by atoms with E-state index < -0.39 is 33.4 Å². The van der Waals surface area contributed by atoms with E-state index in [9.17, 15) is 28.1 Å². The summed E-state index contributed by atoms with van der Waals surface area (Å²) in [4.78, 5) is 35.0. The number of benzene rings is 2. The molecule has 0 unspecified atom stereocenters. The third-order valence-electron chi connectivity index (χ3n) is 4.80. The molecule has 2 rings (SSSR count). The Balaban J connectivity index is 2.12. The molecule has 32 heavy (non-hydrogen) atoms. The van der Waals surface area contributed by atoms with Gasteiger partial charge in [-0.25, -0.2) is 13.2 Å². The maximum absolute atomic E-state index is 12.7. The zero-order valence-corrected chi connectivity index (χ0v) is 19.1. The molecule has 2 aromatic rings. The standard InChI is InChI=1S/C21H25N3O7S/c1-5-23(6-2)32(29,30)17-10-8-14(3)18(12-17)21(26)31-13-20(25)22-16-9-7-15(4)19(11-16)24(27)28/h7-12H,5-6,13H2,1-4H3,(H,22,25). The van der Waals surface area contributed by atoms with Gasteiger partial charge in [-0.1, -0.05) is 26.0 Å². The minimum atomic E-state index is -3.77. The number of esters is 1. The highest BCUT2D eigenvalue weighted by Crippen LogP contribution is 2.23. The first-order valence-electron chi connectivity index (χ1n) is 9.84. The van der Waals surface area contributed by atoms with Crippen molar-refractivity contribution in [3.05, 3.63) is 63.2 Å². The lowest BCUT2D eigenvalue weighted by atomic mass is 10.1. The summed E-state index contributed by atoms with van der Waals surface area (Å²) in [5, 5.41) is 13.4. The van der Waals surface area contributed by atoms with Crippen LogP contribution in [0.2, 0.25) is 0 Å². The largest absolute Gasteiger partial charge is 0.452 e. The Labute approximate surface area is 186 Å². The zero-order chi connectivity index (χ0) is 24.1. The van der Waals surface area contributed by atoms with E-state index in [1.807, 2.05) is 0 Å². The second kappa shape index (κ2) is 10.3. The summed E-state index contributed by atoms with van der Waals surface area (Å²) in [6, 6.07) is 8.33. The first kappa shape index (κ1) is 25.0. The van der Waals surface area contributed by atoms with Gasteiger partial charge in [0.25, 0.3) is 11.6 Å². The molecule has 0 aromatic heterocycles. The molecule has 0 saturated heterocycles. The third-order valence-corrected chi connectivity index (χ3v) is 6.84. The van der Waals surface area contributed by atoms with Gasteiger partial charge in [-0.2, -0.15) is 4.31 Å². The van der Waals surface area contributed by atoms with E-state index in [-0.39, 0.29) is 34.9 Å². The number of hydrogen-bond donors (Lipinski definition) is 1. The van der Waals surface area contributed by atoms with E-state index in [1.54, 1.807) is 27.7 Å². The van der Waals surface area contributed by atoms with Crippen molar-refractivity contribution in [2.24, 2.45) is 0 Å². The number of rotatable bonds is 9. The minimum absolute atomic E-state index is 0.0250. The number of ether oxygens (including phenoxy) is 1. The molecule has 1 N–H and O–H groups in total. The molecule has 0 bridgehead atoms. The molecule has 0 saturated carbocycles. The molecule has 0 fully saturated rings. The van der Waals surface area contributed by atoms with E-state index in [0.717, 1.165) is 0 Å². The van der Waals surface area contributed by atoms with E-state index in [4.69, 9.17) is 4.74 Å². The maximum Gasteiger partial charge on any atom is 0.338 e. The van der Waals surface area contributed by atoms with E-state index in [2.05, 4.69) is 5.32 Å². The molecular formula is C21H25N3O7S. The lowest BCUT2D eigenvalue weighted by Crippen LogP contribution is -2.30. The molecule has 0 aliphatic carbocycles. The number of amides is 1. The van der Waals surface area contributed by atoms with Crippen LogP contribution in [0, 0.1) is 24.0 Å². The Hall–Kier alpha value is -3.31. The predicted octanol–water partition coefficient (Wildman–Crippen LogP) is 3.04. The fourth-order valence-electron chi connectivity index (χ4n) is 2.98. The van der Waals surface area contributed by atoms with Crippen molar-refractivity contribution in [3.8, 4) is 0 Å². The summed E-state index contributed by atoms with van der Waals surface area (Å²) >= 11 is 0. The normalized spacial score (nSPS) is 11.3. The Morgan fingerprint density at radius 1 is 1.06 bits per heavy atom. The molecule has 1 amide bonds. The van der Waals surface area contributed by atoms with Crippen LogP contribution in [0.15, 0.2) is 41.3 Å². The van der Waals surface area contributed by atoms with Crippen LogP contribution in [0.4, 0.5) is 11.4 Å². The molecule has 2 aromatic carbocycles. The van der Waals surface area contributed by atoms with E-state index in [0.29, 0.717) is 11.1 Å². The van der Waals surface area contributed by atoms with Crippen molar-refractivity contribution in [1.29, 1.82) is 0 Å². The van der Waals surface area contributed by atoms with Gasteiger partial charge in [-0.3, -0.25) is 14.9 Å². The second-order valence-electron chi connectivity index (χ2n) is 6.95.